The number of nitrogens with one attached hydrogen (secondary N) is 2. The summed E-state index contributed by atoms with van der Waals surface area (Å²) in [5.41, 5.74) is 2.02. The zero-order valence-corrected chi connectivity index (χ0v) is 10.1. The molecular weight excluding hydrogens is 232 g/mol. The quantitative estimate of drug-likeness (QED) is 0.847. The van der Waals surface area contributed by atoms with E-state index in [-0.39, 0.29) is 11.6 Å². The lowest BCUT2D eigenvalue weighted by Crippen LogP contribution is -2.16. The summed E-state index contributed by atoms with van der Waals surface area (Å²) in [5, 5.41) is 17.1. The first-order chi connectivity index (χ1) is 8.74. The van der Waals surface area contributed by atoms with E-state index < -0.39 is 0 Å². The van der Waals surface area contributed by atoms with Gasteiger partial charge in [0.05, 0.1) is 17.6 Å². The predicted molar refractivity (Wildman–Crippen MR) is 64.1 cm³/mol. The SMILES string of the molecule is Cn1cc(NC(=O)c2cn[nH]n2)c(C2CCC2)n1. The summed E-state index contributed by atoms with van der Waals surface area (Å²) in [6.45, 7) is 0. The summed E-state index contributed by atoms with van der Waals surface area (Å²) in [6.07, 6.45) is 6.74. The number of carbonyl (C=O) groups is 1. The number of amides is 1. The van der Waals surface area contributed by atoms with Gasteiger partial charge in [-0.15, -0.1) is 0 Å². The number of aromatic amines is 1. The number of hydrogen-bond acceptors (Lipinski definition) is 4. The highest BCUT2D eigenvalue weighted by atomic mass is 16.2. The number of aryl methyl sites for hydroxylation is 1. The normalized spacial score (nSPS) is 15.4. The van der Waals surface area contributed by atoms with E-state index in [1.54, 1.807) is 4.68 Å². The van der Waals surface area contributed by atoms with Crippen molar-refractivity contribution in [3.05, 3.63) is 23.8 Å². The second-order valence-electron chi connectivity index (χ2n) is 4.54. The average Bonchev–Trinajstić information content (AvgIpc) is 2.86. The Bertz CT molecular complexity index is 554. The molecule has 1 aliphatic rings. The first-order valence-corrected chi connectivity index (χ1v) is 5.94. The predicted octanol–water partition coefficient (Wildman–Crippen LogP) is 1.06. The van der Waals surface area contributed by atoms with Gasteiger partial charge in [0.15, 0.2) is 5.69 Å². The first kappa shape index (κ1) is 10.9. The second kappa shape index (κ2) is 4.25. The van der Waals surface area contributed by atoms with Gasteiger partial charge in [-0.1, -0.05) is 6.42 Å². The topological polar surface area (TPSA) is 88.5 Å². The molecule has 7 nitrogen and oxygen atoms in total. The number of aromatic nitrogens is 5. The third-order valence-corrected chi connectivity index (χ3v) is 3.25. The lowest BCUT2D eigenvalue weighted by atomic mass is 9.82. The summed E-state index contributed by atoms with van der Waals surface area (Å²) in [6, 6.07) is 0. The van der Waals surface area contributed by atoms with Crippen molar-refractivity contribution < 1.29 is 4.79 Å². The minimum absolute atomic E-state index is 0.266. The summed E-state index contributed by atoms with van der Waals surface area (Å²) in [5.74, 6) is 0.205. The molecule has 2 N–H and O–H groups in total. The van der Waals surface area contributed by atoms with Gasteiger partial charge >= 0.3 is 0 Å². The number of H-pyrrole nitrogens is 1. The molecule has 1 saturated carbocycles. The standard InChI is InChI=1S/C11H14N6O/c1-17-6-9(10(15-17)7-3-2-4-7)13-11(18)8-5-12-16-14-8/h5-7H,2-4H2,1H3,(H,13,18)(H,12,14,16). The largest absolute Gasteiger partial charge is 0.318 e. The van der Waals surface area contributed by atoms with Gasteiger partial charge in [-0.05, 0) is 12.8 Å². The van der Waals surface area contributed by atoms with Crippen LogP contribution in [0.5, 0.6) is 0 Å². The lowest BCUT2D eigenvalue weighted by molar-refractivity contribution is 0.102. The first-order valence-electron chi connectivity index (χ1n) is 5.94. The van der Waals surface area contributed by atoms with E-state index in [2.05, 4.69) is 25.8 Å². The molecule has 1 amide bonds. The molecule has 0 aliphatic heterocycles. The summed E-state index contributed by atoms with van der Waals surface area (Å²) in [7, 11) is 1.86. The van der Waals surface area contributed by atoms with E-state index >= 15 is 0 Å². The van der Waals surface area contributed by atoms with Crippen molar-refractivity contribution in [3.63, 3.8) is 0 Å². The Balaban J connectivity index is 1.81. The molecule has 1 aliphatic carbocycles. The van der Waals surface area contributed by atoms with Crippen molar-refractivity contribution >= 4 is 11.6 Å². The fourth-order valence-corrected chi connectivity index (χ4v) is 2.08. The van der Waals surface area contributed by atoms with Gasteiger partial charge < -0.3 is 5.32 Å². The lowest BCUT2D eigenvalue weighted by Gasteiger charge is -2.24. The Hall–Kier alpha value is -2.18. The van der Waals surface area contributed by atoms with Crippen LogP contribution in [0.3, 0.4) is 0 Å². The zero-order valence-electron chi connectivity index (χ0n) is 10.1. The maximum atomic E-state index is 11.9. The van der Waals surface area contributed by atoms with Gasteiger partial charge in [0.2, 0.25) is 0 Å². The molecule has 0 unspecified atom stereocenters. The molecule has 0 aromatic carbocycles. The molecule has 0 bridgehead atoms. The maximum Gasteiger partial charge on any atom is 0.277 e. The van der Waals surface area contributed by atoms with Crippen molar-refractivity contribution in [1.29, 1.82) is 0 Å². The monoisotopic (exact) mass is 246 g/mol. The number of anilines is 1. The Morgan fingerprint density at radius 1 is 1.56 bits per heavy atom. The van der Waals surface area contributed by atoms with Crippen molar-refractivity contribution in [1.82, 2.24) is 25.2 Å². The van der Waals surface area contributed by atoms with Gasteiger partial charge in [-0.3, -0.25) is 9.48 Å². The molecule has 2 aromatic rings. The van der Waals surface area contributed by atoms with Crippen LogP contribution < -0.4 is 5.32 Å². The number of hydrogen-bond donors (Lipinski definition) is 2. The van der Waals surface area contributed by atoms with E-state index in [0.717, 1.165) is 24.2 Å². The van der Waals surface area contributed by atoms with E-state index in [1.807, 2.05) is 13.2 Å². The molecule has 1 fully saturated rings. The van der Waals surface area contributed by atoms with Gasteiger partial charge in [-0.25, -0.2) is 0 Å². The molecule has 94 valence electrons. The van der Waals surface area contributed by atoms with Crippen LogP contribution in [-0.2, 0) is 7.05 Å². The van der Waals surface area contributed by atoms with Crippen LogP contribution in [0.15, 0.2) is 12.4 Å². The average molecular weight is 246 g/mol. The molecule has 0 spiro atoms. The maximum absolute atomic E-state index is 11.9. The van der Waals surface area contributed by atoms with Gasteiger partial charge in [0.25, 0.3) is 5.91 Å². The fraction of sp³-hybridized carbons (Fsp3) is 0.455. The van der Waals surface area contributed by atoms with Crippen LogP contribution in [0.1, 0.15) is 41.4 Å². The molecule has 0 radical (unpaired) electrons. The summed E-state index contributed by atoms with van der Waals surface area (Å²) in [4.78, 5) is 11.9. The number of rotatable bonds is 3. The van der Waals surface area contributed by atoms with E-state index in [0.29, 0.717) is 5.92 Å². The fourth-order valence-electron chi connectivity index (χ4n) is 2.08. The van der Waals surface area contributed by atoms with Gasteiger partial charge in [-0.2, -0.15) is 20.5 Å². The van der Waals surface area contributed by atoms with Crippen molar-refractivity contribution in [2.45, 2.75) is 25.2 Å². The number of nitrogens with zero attached hydrogens (tertiary/aromatic N) is 4. The zero-order chi connectivity index (χ0) is 12.5. The van der Waals surface area contributed by atoms with Crippen LogP contribution in [0.2, 0.25) is 0 Å². The Kier molecular flexibility index (Phi) is 2.58. The van der Waals surface area contributed by atoms with E-state index in [9.17, 15) is 4.79 Å². The molecular formula is C11H14N6O. The second-order valence-corrected chi connectivity index (χ2v) is 4.54. The molecule has 0 saturated heterocycles. The highest BCUT2D eigenvalue weighted by molar-refractivity contribution is 6.02. The highest BCUT2D eigenvalue weighted by Crippen LogP contribution is 2.38. The van der Waals surface area contributed by atoms with Crippen molar-refractivity contribution in [3.8, 4) is 0 Å². The Morgan fingerprint density at radius 3 is 3.00 bits per heavy atom. The third-order valence-electron chi connectivity index (χ3n) is 3.25. The molecule has 2 aromatic heterocycles. The molecule has 0 atom stereocenters. The van der Waals surface area contributed by atoms with Crippen molar-refractivity contribution in [2.75, 3.05) is 5.32 Å². The molecule has 2 heterocycles. The van der Waals surface area contributed by atoms with Crippen molar-refractivity contribution in [2.24, 2.45) is 7.05 Å². The van der Waals surface area contributed by atoms with Crippen LogP contribution in [0, 0.1) is 0 Å². The Morgan fingerprint density at radius 2 is 2.39 bits per heavy atom. The minimum atomic E-state index is -0.266. The van der Waals surface area contributed by atoms with Crippen LogP contribution in [-0.4, -0.2) is 31.1 Å². The minimum Gasteiger partial charge on any atom is -0.318 e. The van der Waals surface area contributed by atoms with Crippen LogP contribution >= 0.6 is 0 Å². The molecule has 7 heteroatoms. The number of carbonyl (C=O) groups excluding carboxylic acids is 1. The van der Waals surface area contributed by atoms with Crippen LogP contribution in [0.25, 0.3) is 0 Å². The van der Waals surface area contributed by atoms with Gasteiger partial charge in [0.1, 0.15) is 0 Å². The van der Waals surface area contributed by atoms with Gasteiger partial charge in [0, 0.05) is 19.2 Å². The highest BCUT2D eigenvalue weighted by Gasteiger charge is 2.26. The third kappa shape index (κ3) is 1.87. The van der Waals surface area contributed by atoms with E-state index in [1.165, 1.54) is 12.6 Å². The van der Waals surface area contributed by atoms with Crippen LogP contribution in [0.4, 0.5) is 5.69 Å². The van der Waals surface area contributed by atoms with E-state index in [4.69, 9.17) is 0 Å². The molecule has 18 heavy (non-hydrogen) atoms. The Labute approximate surface area is 104 Å². The summed E-state index contributed by atoms with van der Waals surface area (Å²) < 4.78 is 1.73. The summed E-state index contributed by atoms with van der Waals surface area (Å²) >= 11 is 0. The smallest absolute Gasteiger partial charge is 0.277 e. The molecule has 3 rings (SSSR count).